The van der Waals surface area contributed by atoms with E-state index < -0.39 is 10.1 Å². The molecule has 0 aliphatic carbocycles. The van der Waals surface area contributed by atoms with Crippen molar-refractivity contribution < 1.29 is 9.84 Å². The molecule has 0 bridgehead atoms. The molecule has 0 aromatic heterocycles. The van der Waals surface area contributed by atoms with E-state index in [1.807, 2.05) is 6.07 Å². The van der Waals surface area contributed by atoms with Gasteiger partial charge in [0.2, 0.25) is 6.29 Å². The molecule has 2 nitrogen and oxygen atoms in total. The highest BCUT2D eigenvalue weighted by atomic mass is 35.6. The first-order valence-electron chi connectivity index (χ1n) is 3.46. The molecule has 0 radical (unpaired) electrons. The summed E-state index contributed by atoms with van der Waals surface area (Å²) in [6.07, 6.45) is -1.47. The third kappa shape index (κ3) is 3.61. The normalized spacial score (nSPS) is 13.8. The van der Waals surface area contributed by atoms with Crippen LogP contribution in [-0.4, -0.2) is 15.2 Å². The van der Waals surface area contributed by atoms with E-state index in [0.717, 1.165) is 0 Å². The molecule has 0 spiro atoms. The van der Waals surface area contributed by atoms with E-state index in [9.17, 15) is 5.11 Å². The standard InChI is InChI=1S/C8H7Cl3O2/c9-8(10,11)7(12)13-6-4-2-1-3-5-6/h1-5,7,12H. The molecule has 1 atom stereocenters. The van der Waals surface area contributed by atoms with Gasteiger partial charge in [0.1, 0.15) is 5.75 Å². The van der Waals surface area contributed by atoms with E-state index in [0.29, 0.717) is 5.75 Å². The summed E-state index contributed by atoms with van der Waals surface area (Å²) in [6, 6.07) is 8.62. The number of aliphatic hydroxyl groups is 1. The highest BCUT2D eigenvalue weighted by Crippen LogP contribution is 2.31. The topological polar surface area (TPSA) is 29.5 Å². The summed E-state index contributed by atoms with van der Waals surface area (Å²) in [6.45, 7) is 0. The van der Waals surface area contributed by atoms with Crippen molar-refractivity contribution in [1.29, 1.82) is 0 Å². The first-order valence-corrected chi connectivity index (χ1v) is 4.60. The van der Waals surface area contributed by atoms with Crippen molar-refractivity contribution in [2.24, 2.45) is 0 Å². The average molecular weight is 242 g/mol. The molecule has 1 N–H and O–H groups in total. The minimum Gasteiger partial charge on any atom is -0.460 e. The molecule has 5 heteroatoms. The van der Waals surface area contributed by atoms with Crippen LogP contribution in [0, 0.1) is 0 Å². The van der Waals surface area contributed by atoms with Gasteiger partial charge in [-0.1, -0.05) is 53.0 Å². The molecular formula is C8H7Cl3O2. The molecule has 0 saturated carbocycles. The number of alkyl halides is 3. The largest absolute Gasteiger partial charge is 0.460 e. The predicted molar refractivity (Wildman–Crippen MR) is 53.4 cm³/mol. The zero-order valence-corrected chi connectivity index (χ0v) is 8.72. The Balaban J connectivity index is 2.61. The Hall–Kier alpha value is -0.150. The summed E-state index contributed by atoms with van der Waals surface area (Å²) in [5.41, 5.74) is 0. The Morgan fingerprint density at radius 2 is 1.69 bits per heavy atom. The van der Waals surface area contributed by atoms with Crippen LogP contribution in [0.2, 0.25) is 0 Å². The fourth-order valence-electron chi connectivity index (χ4n) is 0.695. The lowest BCUT2D eigenvalue weighted by molar-refractivity contribution is -0.0131. The lowest BCUT2D eigenvalue weighted by atomic mass is 10.3. The smallest absolute Gasteiger partial charge is 0.252 e. The van der Waals surface area contributed by atoms with Gasteiger partial charge >= 0.3 is 0 Å². The number of para-hydroxylation sites is 1. The van der Waals surface area contributed by atoms with E-state index in [1.165, 1.54) is 0 Å². The van der Waals surface area contributed by atoms with Gasteiger partial charge < -0.3 is 9.84 Å². The molecular weight excluding hydrogens is 234 g/mol. The second-order valence-corrected chi connectivity index (χ2v) is 4.69. The average Bonchev–Trinajstić information content (AvgIpc) is 2.04. The van der Waals surface area contributed by atoms with Crippen LogP contribution in [-0.2, 0) is 0 Å². The van der Waals surface area contributed by atoms with Crippen LogP contribution >= 0.6 is 34.8 Å². The molecule has 1 unspecified atom stereocenters. The SMILES string of the molecule is OC(Oc1ccccc1)C(Cl)(Cl)Cl. The molecule has 0 aliphatic heterocycles. The summed E-state index contributed by atoms with van der Waals surface area (Å²) >= 11 is 16.2. The molecule has 1 aromatic rings. The Morgan fingerprint density at radius 1 is 1.15 bits per heavy atom. The fourth-order valence-corrected chi connectivity index (χ4v) is 0.828. The molecule has 0 fully saturated rings. The summed E-state index contributed by atoms with van der Waals surface area (Å²) in [5, 5.41) is 9.22. The summed E-state index contributed by atoms with van der Waals surface area (Å²) < 4.78 is 3.10. The van der Waals surface area contributed by atoms with E-state index in [2.05, 4.69) is 0 Å². The first kappa shape index (κ1) is 10.9. The second-order valence-electron chi connectivity index (χ2n) is 2.32. The van der Waals surface area contributed by atoms with Crippen LogP contribution in [0.5, 0.6) is 5.75 Å². The number of ether oxygens (including phenoxy) is 1. The van der Waals surface area contributed by atoms with Crippen molar-refractivity contribution >= 4 is 34.8 Å². The van der Waals surface area contributed by atoms with Gasteiger partial charge in [-0.2, -0.15) is 0 Å². The fraction of sp³-hybridized carbons (Fsp3) is 0.250. The van der Waals surface area contributed by atoms with Gasteiger partial charge in [-0.05, 0) is 12.1 Å². The minimum atomic E-state index is -1.84. The minimum absolute atomic E-state index is 0.446. The van der Waals surface area contributed by atoms with Gasteiger partial charge in [-0.3, -0.25) is 0 Å². The maximum Gasteiger partial charge on any atom is 0.252 e. The Labute approximate surface area is 91.0 Å². The van der Waals surface area contributed by atoms with Crippen molar-refractivity contribution in [3.63, 3.8) is 0 Å². The van der Waals surface area contributed by atoms with Crippen LogP contribution in [0.15, 0.2) is 30.3 Å². The second kappa shape index (κ2) is 4.38. The monoisotopic (exact) mass is 240 g/mol. The van der Waals surface area contributed by atoms with Crippen molar-refractivity contribution in [3.05, 3.63) is 30.3 Å². The predicted octanol–water partition coefficient (Wildman–Crippen LogP) is 2.75. The summed E-state index contributed by atoms with van der Waals surface area (Å²) in [7, 11) is 0. The molecule has 0 saturated heterocycles. The first-order chi connectivity index (χ1) is 6.00. The zero-order chi connectivity index (χ0) is 9.90. The van der Waals surface area contributed by atoms with Crippen molar-refractivity contribution in [1.82, 2.24) is 0 Å². The van der Waals surface area contributed by atoms with Crippen molar-refractivity contribution in [2.75, 3.05) is 0 Å². The number of rotatable bonds is 2. The van der Waals surface area contributed by atoms with Crippen LogP contribution in [0.3, 0.4) is 0 Å². The van der Waals surface area contributed by atoms with Crippen LogP contribution in [0.25, 0.3) is 0 Å². The molecule has 0 amide bonds. The van der Waals surface area contributed by atoms with Crippen LogP contribution in [0.1, 0.15) is 0 Å². The number of aliphatic hydroxyl groups excluding tert-OH is 1. The summed E-state index contributed by atoms with van der Waals surface area (Å²) in [5.74, 6) is 0.446. The van der Waals surface area contributed by atoms with Gasteiger partial charge in [-0.15, -0.1) is 0 Å². The molecule has 72 valence electrons. The highest BCUT2D eigenvalue weighted by molar-refractivity contribution is 6.67. The molecule has 1 rings (SSSR count). The lowest BCUT2D eigenvalue weighted by Crippen LogP contribution is -2.31. The number of benzene rings is 1. The molecule has 0 heterocycles. The maximum atomic E-state index is 9.22. The van der Waals surface area contributed by atoms with Crippen molar-refractivity contribution in [2.45, 2.75) is 10.1 Å². The molecule has 1 aromatic carbocycles. The van der Waals surface area contributed by atoms with Gasteiger partial charge in [0.25, 0.3) is 3.79 Å². The van der Waals surface area contributed by atoms with E-state index in [1.54, 1.807) is 24.3 Å². The molecule has 13 heavy (non-hydrogen) atoms. The van der Waals surface area contributed by atoms with Crippen LogP contribution in [0.4, 0.5) is 0 Å². The van der Waals surface area contributed by atoms with E-state index in [4.69, 9.17) is 39.5 Å². The quantitative estimate of drug-likeness (QED) is 0.637. The van der Waals surface area contributed by atoms with Gasteiger partial charge in [0, 0.05) is 0 Å². The van der Waals surface area contributed by atoms with Crippen LogP contribution < -0.4 is 4.74 Å². The number of halogens is 3. The van der Waals surface area contributed by atoms with E-state index in [-0.39, 0.29) is 0 Å². The Morgan fingerprint density at radius 3 is 2.15 bits per heavy atom. The lowest BCUT2D eigenvalue weighted by Gasteiger charge is -2.19. The van der Waals surface area contributed by atoms with Crippen molar-refractivity contribution in [3.8, 4) is 5.75 Å². The third-order valence-electron chi connectivity index (χ3n) is 1.27. The number of hydrogen-bond donors (Lipinski definition) is 1. The van der Waals surface area contributed by atoms with Gasteiger partial charge in [0.05, 0.1) is 0 Å². The Kier molecular flexibility index (Phi) is 3.68. The maximum absolute atomic E-state index is 9.22. The molecule has 0 aliphatic rings. The number of hydrogen-bond acceptors (Lipinski definition) is 2. The zero-order valence-electron chi connectivity index (χ0n) is 6.45. The Bertz CT molecular complexity index is 258. The van der Waals surface area contributed by atoms with Gasteiger partial charge in [-0.25, -0.2) is 0 Å². The third-order valence-corrected chi connectivity index (χ3v) is 1.83. The van der Waals surface area contributed by atoms with Gasteiger partial charge in [0.15, 0.2) is 0 Å². The summed E-state index contributed by atoms with van der Waals surface area (Å²) in [4.78, 5) is 0. The van der Waals surface area contributed by atoms with E-state index >= 15 is 0 Å². The highest BCUT2D eigenvalue weighted by Gasteiger charge is 2.32.